The lowest BCUT2D eigenvalue weighted by Gasteiger charge is -2.10. The van der Waals surface area contributed by atoms with E-state index < -0.39 is 17.3 Å². The van der Waals surface area contributed by atoms with Gasteiger partial charge < -0.3 is 4.57 Å². The highest BCUT2D eigenvalue weighted by Gasteiger charge is 2.30. The Morgan fingerprint density at radius 1 is 1.26 bits per heavy atom. The third kappa shape index (κ3) is 3.35. The van der Waals surface area contributed by atoms with Crippen LogP contribution >= 0.6 is 11.6 Å². The first-order chi connectivity index (χ1) is 8.86. The smallest absolute Gasteiger partial charge is 0.311 e. The van der Waals surface area contributed by atoms with Crippen LogP contribution in [0, 0.1) is 0 Å². The molecule has 0 N–H and O–H groups in total. The van der Waals surface area contributed by atoms with Crippen molar-refractivity contribution in [3.05, 3.63) is 63.3 Å². The summed E-state index contributed by atoms with van der Waals surface area (Å²) < 4.78 is 38.6. The zero-order valence-corrected chi connectivity index (χ0v) is 10.2. The van der Waals surface area contributed by atoms with Crippen molar-refractivity contribution in [3.63, 3.8) is 0 Å². The van der Waals surface area contributed by atoms with Crippen LogP contribution in [0.2, 0.25) is 5.15 Å². The molecule has 0 aliphatic rings. The van der Waals surface area contributed by atoms with Gasteiger partial charge in [-0.15, -0.1) is 0 Å². The van der Waals surface area contributed by atoms with E-state index in [0.29, 0.717) is 5.56 Å². The molecule has 0 aliphatic heterocycles. The fourth-order valence-electron chi connectivity index (χ4n) is 1.56. The lowest BCUT2D eigenvalue weighted by molar-refractivity contribution is -0.138. The minimum atomic E-state index is -4.48. The van der Waals surface area contributed by atoms with Gasteiger partial charge in [-0.1, -0.05) is 11.6 Å². The van der Waals surface area contributed by atoms with Crippen molar-refractivity contribution in [2.75, 3.05) is 0 Å². The molecular weight excluding hydrogens is 281 g/mol. The second kappa shape index (κ2) is 5.05. The first-order valence-electron chi connectivity index (χ1n) is 5.24. The van der Waals surface area contributed by atoms with E-state index in [9.17, 15) is 18.0 Å². The average molecular weight is 289 g/mol. The molecule has 0 saturated heterocycles. The molecule has 0 atom stereocenters. The molecule has 0 unspecified atom stereocenters. The zero-order chi connectivity index (χ0) is 14.0. The quantitative estimate of drug-likeness (QED) is 0.796. The van der Waals surface area contributed by atoms with E-state index in [2.05, 4.69) is 4.98 Å². The number of rotatable bonds is 2. The van der Waals surface area contributed by atoms with Crippen molar-refractivity contribution in [3.8, 4) is 0 Å². The molecular formula is C12H8ClF3N2O. The summed E-state index contributed by atoms with van der Waals surface area (Å²) in [5.41, 5.74) is -0.783. The fraction of sp³-hybridized carbons (Fsp3) is 0.167. The van der Waals surface area contributed by atoms with Crippen molar-refractivity contribution >= 4 is 11.6 Å². The first-order valence-corrected chi connectivity index (χ1v) is 5.62. The van der Waals surface area contributed by atoms with Crippen LogP contribution in [0.3, 0.4) is 0 Å². The number of aromatic nitrogens is 2. The zero-order valence-electron chi connectivity index (χ0n) is 9.49. The molecule has 2 aromatic heterocycles. The van der Waals surface area contributed by atoms with Crippen LogP contribution in [0.4, 0.5) is 13.2 Å². The Hall–Kier alpha value is -1.82. The maximum absolute atomic E-state index is 12.6. The number of hydrogen-bond donors (Lipinski definition) is 0. The number of pyridine rings is 2. The normalized spacial score (nSPS) is 11.6. The van der Waals surface area contributed by atoms with Gasteiger partial charge in [0.1, 0.15) is 5.15 Å². The standard InChI is InChI=1S/C12H8ClF3N2O/c13-10-5-8(3-4-17-10)6-18-7-9(12(14,15)16)1-2-11(18)19/h1-5,7H,6H2. The second-order valence-corrected chi connectivity index (χ2v) is 4.26. The van der Waals surface area contributed by atoms with Crippen LogP contribution in [-0.2, 0) is 12.7 Å². The van der Waals surface area contributed by atoms with Gasteiger partial charge in [-0.3, -0.25) is 4.79 Å². The lowest BCUT2D eigenvalue weighted by atomic mass is 10.2. The third-order valence-corrected chi connectivity index (χ3v) is 2.66. The van der Waals surface area contributed by atoms with Crippen LogP contribution in [-0.4, -0.2) is 9.55 Å². The van der Waals surface area contributed by atoms with Crippen LogP contribution in [0.1, 0.15) is 11.1 Å². The maximum Gasteiger partial charge on any atom is 0.417 e. The molecule has 2 aromatic rings. The van der Waals surface area contributed by atoms with E-state index in [1.807, 2.05) is 0 Å². The van der Waals surface area contributed by atoms with Gasteiger partial charge in [-0.25, -0.2) is 4.98 Å². The molecule has 0 fully saturated rings. The molecule has 2 rings (SSSR count). The predicted molar refractivity (Wildman–Crippen MR) is 64.1 cm³/mol. The summed E-state index contributed by atoms with van der Waals surface area (Å²) in [5, 5.41) is 0.220. The Morgan fingerprint density at radius 3 is 2.63 bits per heavy atom. The molecule has 2 heterocycles. The summed E-state index contributed by atoms with van der Waals surface area (Å²) in [5.74, 6) is 0. The van der Waals surface area contributed by atoms with Gasteiger partial charge >= 0.3 is 6.18 Å². The molecule has 0 aromatic carbocycles. The highest BCUT2D eigenvalue weighted by molar-refractivity contribution is 6.29. The van der Waals surface area contributed by atoms with Crippen LogP contribution in [0.25, 0.3) is 0 Å². The van der Waals surface area contributed by atoms with Gasteiger partial charge in [0, 0.05) is 18.5 Å². The van der Waals surface area contributed by atoms with Gasteiger partial charge in [0.2, 0.25) is 0 Å². The van der Waals surface area contributed by atoms with Crippen molar-refractivity contribution in [1.29, 1.82) is 0 Å². The molecule has 19 heavy (non-hydrogen) atoms. The van der Waals surface area contributed by atoms with Gasteiger partial charge in [-0.2, -0.15) is 13.2 Å². The number of alkyl halides is 3. The Labute approximate surface area is 111 Å². The Balaban J connectivity index is 2.37. The second-order valence-electron chi connectivity index (χ2n) is 3.87. The Bertz CT molecular complexity index is 652. The van der Waals surface area contributed by atoms with Crippen molar-refractivity contribution in [2.24, 2.45) is 0 Å². The van der Waals surface area contributed by atoms with Crippen molar-refractivity contribution in [2.45, 2.75) is 12.7 Å². The minimum absolute atomic E-state index is 0.00495. The van der Waals surface area contributed by atoms with Gasteiger partial charge in [0.25, 0.3) is 5.56 Å². The summed E-state index contributed by atoms with van der Waals surface area (Å²) in [6.45, 7) is 0.00495. The van der Waals surface area contributed by atoms with Gasteiger partial charge in [0.15, 0.2) is 0 Å². The van der Waals surface area contributed by atoms with Crippen LogP contribution in [0.5, 0.6) is 0 Å². The molecule has 0 bridgehead atoms. The number of halogens is 4. The average Bonchev–Trinajstić information content (AvgIpc) is 2.30. The van der Waals surface area contributed by atoms with Crippen LogP contribution in [0.15, 0.2) is 41.5 Å². The molecule has 7 heteroatoms. The molecule has 0 saturated carbocycles. The summed E-state index contributed by atoms with van der Waals surface area (Å²) in [6.07, 6.45) is -2.27. The third-order valence-electron chi connectivity index (χ3n) is 2.45. The van der Waals surface area contributed by atoms with Gasteiger partial charge in [-0.05, 0) is 23.8 Å². The summed E-state index contributed by atoms with van der Waals surface area (Å²) in [7, 11) is 0. The molecule has 0 aliphatic carbocycles. The van der Waals surface area contributed by atoms with Crippen LogP contribution < -0.4 is 5.56 Å². The highest BCUT2D eigenvalue weighted by Crippen LogP contribution is 2.28. The van der Waals surface area contributed by atoms with E-state index in [-0.39, 0.29) is 11.7 Å². The fourth-order valence-corrected chi connectivity index (χ4v) is 1.76. The summed E-state index contributed by atoms with van der Waals surface area (Å²) in [6, 6.07) is 4.73. The molecule has 0 radical (unpaired) electrons. The SMILES string of the molecule is O=c1ccc(C(F)(F)F)cn1Cc1ccnc(Cl)c1. The van der Waals surface area contributed by atoms with E-state index in [4.69, 9.17) is 11.6 Å². The molecule has 0 spiro atoms. The Kier molecular flexibility index (Phi) is 3.61. The van der Waals surface area contributed by atoms with Crippen molar-refractivity contribution < 1.29 is 13.2 Å². The topological polar surface area (TPSA) is 34.9 Å². The predicted octanol–water partition coefficient (Wildman–Crippen LogP) is 2.96. The molecule has 0 amide bonds. The largest absolute Gasteiger partial charge is 0.417 e. The summed E-state index contributed by atoms with van der Waals surface area (Å²) >= 11 is 5.68. The van der Waals surface area contributed by atoms with E-state index in [0.717, 1.165) is 22.9 Å². The summed E-state index contributed by atoms with van der Waals surface area (Å²) in [4.78, 5) is 15.3. The van der Waals surface area contributed by atoms with E-state index in [1.54, 1.807) is 6.07 Å². The minimum Gasteiger partial charge on any atom is -0.311 e. The Morgan fingerprint density at radius 2 is 2.00 bits per heavy atom. The number of hydrogen-bond acceptors (Lipinski definition) is 2. The van der Waals surface area contributed by atoms with Gasteiger partial charge in [0.05, 0.1) is 12.1 Å². The van der Waals surface area contributed by atoms with Crippen molar-refractivity contribution in [1.82, 2.24) is 9.55 Å². The van der Waals surface area contributed by atoms with E-state index in [1.165, 1.54) is 12.3 Å². The lowest BCUT2D eigenvalue weighted by Crippen LogP contribution is -2.21. The molecule has 100 valence electrons. The van der Waals surface area contributed by atoms with E-state index >= 15 is 0 Å². The number of nitrogens with zero attached hydrogens (tertiary/aromatic N) is 2. The highest BCUT2D eigenvalue weighted by atomic mass is 35.5. The monoisotopic (exact) mass is 288 g/mol. The first kappa shape index (κ1) is 13.6. The maximum atomic E-state index is 12.6. The molecule has 3 nitrogen and oxygen atoms in total.